The van der Waals surface area contributed by atoms with Crippen molar-refractivity contribution in [2.24, 2.45) is 5.41 Å². The number of aromatic nitrogens is 1. The highest BCUT2D eigenvalue weighted by Gasteiger charge is 2.43. The van der Waals surface area contributed by atoms with Gasteiger partial charge in [-0.2, -0.15) is 0 Å². The number of likely N-dealkylation sites (tertiary alicyclic amines) is 1. The van der Waals surface area contributed by atoms with E-state index in [0.717, 1.165) is 19.4 Å². The molecular weight excluding hydrogens is 248 g/mol. The Balaban J connectivity index is 1.87. The maximum absolute atomic E-state index is 9.77. The van der Waals surface area contributed by atoms with Crippen LogP contribution >= 0.6 is 0 Å². The van der Waals surface area contributed by atoms with Crippen LogP contribution in [0.5, 0.6) is 0 Å². The van der Waals surface area contributed by atoms with Gasteiger partial charge in [0.15, 0.2) is 0 Å². The minimum atomic E-state index is 0.0197. The second-order valence-electron chi connectivity index (χ2n) is 7.05. The van der Waals surface area contributed by atoms with Crippen LogP contribution in [-0.4, -0.2) is 41.2 Å². The standard InChI is InChI=1S/C17H22N2O/c1-17(10-20)7-13-12-4-3-5-14-16(12)11(8-18-14)6-15(13)19(2)9-17/h3-5,8,13,15,18,20H,6-7,9-10H2,1-2H3/t13?,15-,17+/m1/s1. The highest BCUT2D eigenvalue weighted by Crippen LogP contribution is 2.47. The summed E-state index contributed by atoms with van der Waals surface area (Å²) in [6.07, 6.45) is 4.39. The Kier molecular flexibility index (Phi) is 2.54. The van der Waals surface area contributed by atoms with E-state index in [9.17, 15) is 5.11 Å². The SMILES string of the molecule is CN1C[C@@](C)(CO)CC2c3cccc4[nH]cc(c34)C[C@H]21. The Hall–Kier alpha value is -1.32. The lowest BCUT2D eigenvalue weighted by atomic mass is 9.67. The van der Waals surface area contributed by atoms with Gasteiger partial charge in [0.2, 0.25) is 0 Å². The van der Waals surface area contributed by atoms with Gasteiger partial charge in [-0.25, -0.2) is 0 Å². The van der Waals surface area contributed by atoms with Gasteiger partial charge in [0, 0.05) is 47.6 Å². The average Bonchev–Trinajstić information content (AvgIpc) is 2.85. The molecule has 1 aromatic heterocycles. The van der Waals surface area contributed by atoms with Crippen molar-refractivity contribution in [1.29, 1.82) is 0 Å². The molecule has 1 fully saturated rings. The molecule has 2 heterocycles. The Bertz CT molecular complexity index is 662. The van der Waals surface area contributed by atoms with Gasteiger partial charge in [0.25, 0.3) is 0 Å². The van der Waals surface area contributed by atoms with Gasteiger partial charge in [0.1, 0.15) is 0 Å². The number of benzene rings is 1. The monoisotopic (exact) mass is 270 g/mol. The third kappa shape index (κ3) is 1.60. The van der Waals surface area contributed by atoms with Gasteiger partial charge in [-0.05, 0) is 37.1 Å². The van der Waals surface area contributed by atoms with Crippen molar-refractivity contribution in [3.8, 4) is 0 Å². The van der Waals surface area contributed by atoms with Gasteiger partial charge in [-0.3, -0.25) is 0 Å². The molecule has 1 unspecified atom stereocenters. The lowest BCUT2D eigenvalue weighted by Crippen LogP contribution is -2.52. The highest BCUT2D eigenvalue weighted by atomic mass is 16.3. The van der Waals surface area contributed by atoms with E-state index in [2.05, 4.69) is 48.3 Å². The van der Waals surface area contributed by atoms with Crippen molar-refractivity contribution in [3.63, 3.8) is 0 Å². The van der Waals surface area contributed by atoms with Crippen LogP contribution in [0.1, 0.15) is 30.4 Å². The first kappa shape index (κ1) is 12.4. The van der Waals surface area contributed by atoms with Crippen LogP contribution in [0.25, 0.3) is 10.9 Å². The Labute approximate surface area is 119 Å². The fraction of sp³-hybridized carbons (Fsp3) is 0.529. The topological polar surface area (TPSA) is 39.3 Å². The van der Waals surface area contributed by atoms with Gasteiger partial charge < -0.3 is 15.0 Å². The molecule has 0 radical (unpaired) electrons. The third-order valence-electron chi connectivity index (χ3n) is 5.40. The summed E-state index contributed by atoms with van der Waals surface area (Å²) < 4.78 is 0. The van der Waals surface area contributed by atoms with Crippen molar-refractivity contribution in [3.05, 3.63) is 35.5 Å². The number of nitrogens with one attached hydrogen (secondary N) is 1. The summed E-state index contributed by atoms with van der Waals surface area (Å²) >= 11 is 0. The molecule has 0 bridgehead atoms. The third-order valence-corrected chi connectivity index (χ3v) is 5.40. The van der Waals surface area contributed by atoms with Gasteiger partial charge in [-0.1, -0.05) is 19.1 Å². The average molecular weight is 270 g/mol. The molecule has 1 aliphatic carbocycles. The number of aliphatic hydroxyl groups is 1. The van der Waals surface area contributed by atoms with Crippen molar-refractivity contribution in [1.82, 2.24) is 9.88 Å². The zero-order valence-corrected chi connectivity index (χ0v) is 12.2. The van der Waals surface area contributed by atoms with Crippen LogP contribution in [0.15, 0.2) is 24.4 Å². The van der Waals surface area contributed by atoms with Gasteiger partial charge >= 0.3 is 0 Å². The summed E-state index contributed by atoms with van der Waals surface area (Å²) in [6.45, 7) is 3.48. The molecule has 3 nitrogen and oxygen atoms in total. The summed E-state index contributed by atoms with van der Waals surface area (Å²) in [4.78, 5) is 5.87. The van der Waals surface area contributed by atoms with E-state index in [1.165, 1.54) is 22.0 Å². The fourth-order valence-electron chi connectivity index (χ4n) is 4.47. The summed E-state index contributed by atoms with van der Waals surface area (Å²) in [5.74, 6) is 0.540. The number of H-pyrrole nitrogens is 1. The first-order valence-electron chi connectivity index (χ1n) is 7.51. The van der Waals surface area contributed by atoms with Gasteiger partial charge in [0.05, 0.1) is 0 Å². The fourth-order valence-corrected chi connectivity index (χ4v) is 4.47. The first-order chi connectivity index (χ1) is 9.61. The van der Waals surface area contributed by atoms with Crippen LogP contribution < -0.4 is 0 Å². The van der Waals surface area contributed by atoms with E-state index in [4.69, 9.17) is 0 Å². The van der Waals surface area contributed by atoms with E-state index >= 15 is 0 Å². The highest BCUT2D eigenvalue weighted by molar-refractivity contribution is 5.88. The zero-order valence-electron chi connectivity index (χ0n) is 12.2. The van der Waals surface area contributed by atoms with E-state index in [1.807, 2.05) is 0 Å². The van der Waals surface area contributed by atoms with Crippen LogP contribution in [-0.2, 0) is 6.42 Å². The zero-order chi connectivity index (χ0) is 13.9. The molecule has 20 heavy (non-hydrogen) atoms. The number of hydrogen-bond donors (Lipinski definition) is 2. The minimum absolute atomic E-state index is 0.0197. The van der Waals surface area contributed by atoms with E-state index in [-0.39, 0.29) is 12.0 Å². The van der Waals surface area contributed by atoms with Crippen molar-refractivity contribution >= 4 is 10.9 Å². The Morgan fingerprint density at radius 1 is 1.45 bits per heavy atom. The van der Waals surface area contributed by atoms with Crippen LogP contribution in [0, 0.1) is 5.41 Å². The molecule has 1 saturated heterocycles. The van der Waals surface area contributed by atoms with Crippen LogP contribution in [0.3, 0.4) is 0 Å². The summed E-state index contributed by atoms with van der Waals surface area (Å²) in [6, 6.07) is 7.18. The molecule has 2 aliphatic rings. The molecule has 1 aliphatic heterocycles. The molecule has 0 saturated carbocycles. The van der Waals surface area contributed by atoms with Crippen molar-refractivity contribution < 1.29 is 5.11 Å². The Morgan fingerprint density at radius 2 is 2.30 bits per heavy atom. The molecule has 2 N–H and O–H groups in total. The molecule has 2 aromatic rings. The van der Waals surface area contributed by atoms with Gasteiger partial charge in [-0.15, -0.1) is 0 Å². The second kappa shape index (κ2) is 4.09. The largest absolute Gasteiger partial charge is 0.396 e. The molecule has 0 amide bonds. The maximum Gasteiger partial charge on any atom is 0.0497 e. The Morgan fingerprint density at radius 3 is 3.10 bits per heavy atom. The molecule has 106 valence electrons. The van der Waals surface area contributed by atoms with Crippen molar-refractivity contribution in [2.75, 3.05) is 20.2 Å². The number of aromatic amines is 1. The number of rotatable bonds is 1. The molecule has 1 aromatic carbocycles. The first-order valence-corrected chi connectivity index (χ1v) is 7.51. The quantitative estimate of drug-likeness (QED) is 0.836. The minimum Gasteiger partial charge on any atom is -0.396 e. The number of fused-ring (bicyclic) bond motifs is 2. The summed E-state index contributed by atoms with van der Waals surface area (Å²) in [5, 5.41) is 11.2. The molecular formula is C17H22N2O. The second-order valence-corrected chi connectivity index (χ2v) is 7.05. The normalized spacial score (nSPS) is 33.4. The molecule has 0 spiro atoms. The predicted molar refractivity (Wildman–Crippen MR) is 81.0 cm³/mol. The number of likely N-dealkylation sites (N-methyl/N-ethyl adjacent to an activating group) is 1. The number of piperidine rings is 1. The van der Waals surface area contributed by atoms with Crippen molar-refractivity contribution in [2.45, 2.75) is 31.7 Å². The maximum atomic E-state index is 9.77. The number of hydrogen-bond acceptors (Lipinski definition) is 2. The summed E-state index contributed by atoms with van der Waals surface area (Å²) in [5.41, 5.74) is 4.21. The van der Waals surface area contributed by atoms with E-state index in [1.54, 1.807) is 0 Å². The molecule has 3 atom stereocenters. The van der Waals surface area contributed by atoms with E-state index in [0.29, 0.717) is 12.0 Å². The van der Waals surface area contributed by atoms with Crippen LogP contribution in [0.4, 0.5) is 0 Å². The lowest BCUT2D eigenvalue weighted by Gasteiger charge is -2.49. The molecule has 3 heteroatoms. The smallest absolute Gasteiger partial charge is 0.0497 e. The summed E-state index contributed by atoms with van der Waals surface area (Å²) in [7, 11) is 2.21. The number of nitrogens with zero attached hydrogens (tertiary/aromatic N) is 1. The predicted octanol–water partition coefficient (Wildman–Crippen LogP) is 2.51. The van der Waals surface area contributed by atoms with Crippen LogP contribution in [0.2, 0.25) is 0 Å². The number of aliphatic hydroxyl groups excluding tert-OH is 1. The van der Waals surface area contributed by atoms with E-state index < -0.39 is 0 Å². The molecule has 4 rings (SSSR count). The lowest BCUT2D eigenvalue weighted by molar-refractivity contribution is 0.0131.